The van der Waals surface area contributed by atoms with Gasteiger partial charge in [-0.15, -0.1) is 0 Å². The van der Waals surface area contributed by atoms with E-state index in [1.165, 1.54) is 13.1 Å². The molecule has 1 aliphatic heterocycles. The summed E-state index contributed by atoms with van der Waals surface area (Å²) in [5.41, 5.74) is 2.18. The van der Waals surface area contributed by atoms with Crippen molar-refractivity contribution in [3.63, 3.8) is 0 Å². The van der Waals surface area contributed by atoms with E-state index in [9.17, 15) is 24.3 Å². The molecule has 0 bridgehead atoms. The summed E-state index contributed by atoms with van der Waals surface area (Å²) >= 11 is 0. The van der Waals surface area contributed by atoms with Crippen LogP contribution in [0.25, 0.3) is 0 Å². The molecule has 1 amide bonds. The molecule has 2 rings (SSSR count). The van der Waals surface area contributed by atoms with Crippen LogP contribution in [0.5, 0.6) is 5.75 Å². The average Bonchev–Trinajstić information content (AvgIpc) is 2.77. The number of nitrogens with one attached hydrogen (secondary N) is 2. The minimum absolute atomic E-state index is 0.0744. The van der Waals surface area contributed by atoms with E-state index in [2.05, 4.69) is 19.3 Å². The van der Waals surface area contributed by atoms with Gasteiger partial charge in [0.1, 0.15) is 0 Å². The molecule has 1 fully saturated rings. The Morgan fingerprint density at radius 3 is 2.95 bits per heavy atom. The summed E-state index contributed by atoms with van der Waals surface area (Å²) in [5.74, 6) is -1.14. The Labute approximate surface area is 126 Å². The molecule has 0 radical (unpaired) electrons. The van der Waals surface area contributed by atoms with Crippen LogP contribution in [0, 0.1) is 6.92 Å². The Kier molecular flexibility index (Phi) is 4.46. The van der Waals surface area contributed by atoms with E-state index in [0.717, 1.165) is 0 Å². The molecule has 1 aromatic heterocycles. The molecule has 0 aromatic carbocycles. The molecule has 2 heterocycles. The number of carbonyl (C=O) groups excluding carboxylic acids is 1. The van der Waals surface area contributed by atoms with Crippen LogP contribution in [0.3, 0.4) is 0 Å². The largest absolute Gasteiger partial charge is 0.871 e. The monoisotopic (exact) mass is 330 g/mol. The maximum Gasteiger partial charge on any atom is 0.337 e. The fourth-order valence-corrected chi connectivity index (χ4v) is 2.00. The lowest BCUT2D eigenvalue weighted by atomic mass is 10.1. The first-order valence-corrected chi connectivity index (χ1v) is 7.45. The maximum absolute atomic E-state index is 12.1. The third-order valence-corrected chi connectivity index (χ3v) is 3.26. The molecule has 1 aromatic rings. The Balaban J connectivity index is 2.29. The summed E-state index contributed by atoms with van der Waals surface area (Å²) in [6, 6.07) is 0. The van der Waals surface area contributed by atoms with E-state index in [0.29, 0.717) is 0 Å². The van der Waals surface area contributed by atoms with Crippen LogP contribution < -0.4 is 25.4 Å². The first-order valence-electron chi connectivity index (χ1n) is 6.56. The second-order valence-electron chi connectivity index (χ2n) is 4.33. The molecule has 22 heavy (non-hydrogen) atoms. The van der Waals surface area contributed by atoms with Crippen LogP contribution in [0.2, 0.25) is 0 Å². The van der Waals surface area contributed by atoms with Gasteiger partial charge in [-0.25, -0.2) is 10.5 Å². The van der Waals surface area contributed by atoms with Crippen LogP contribution in [0.1, 0.15) is 18.2 Å². The van der Waals surface area contributed by atoms with Gasteiger partial charge < -0.3 is 24.0 Å². The molecule has 1 unspecified atom stereocenters. The van der Waals surface area contributed by atoms with Gasteiger partial charge in [-0.05, 0) is 6.92 Å². The summed E-state index contributed by atoms with van der Waals surface area (Å²) in [5, 5.41) is 12.1. The van der Waals surface area contributed by atoms with Crippen LogP contribution in [-0.2, 0) is 31.9 Å². The van der Waals surface area contributed by atoms with Gasteiger partial charge in [0.25, 0.3) is 5.71 Å². The van der Waals surface area contributed by atoms with Gasteiger partial charge in [-0.1, -0.05) is 5.75 Å². The molecule has 10 nitrogen and oxygen atoms in total. The van der Waals surface area contributed by atoms with Crippen molar-refractivity contribution in [1.29, 1.82) is 0 Å². The van der Waals surface area contributed by atoms with Crippen molar-refractivity contribution in [2.24, 2.45) is 0 Å². The topological polar surface area (TPSA) is 161 Å². The summed E-state index contributed by atoms with van der Waals surface area (Å²) in [7, 11) is -5.21. The molecule has 1 saturated heterocycles. The van der Waals surface area contributed by atoms with E-state index in [-0.39, 0.29) is 29.1 Å². The van der Waals surface area contributed by atoms with E-state index < -0.39 is 32.7 Å². The van der Waals surface area contributed by atoms with Crippen molar-refractivity contribution < 1.29 is 40.0 Å². The predicted octanol–water partition coefficient (Wildman–Crippen LogP) is -4.11. The standard InChI is InChI=1S/C11H14N3O7P/c1-6-10(15)8(3-13-9-5-20-14-11(9)16)7(2-12-6)4-21-22(17,18)19/h2,15H,3-5H2,1H3,(H,14,16)(H2,17,18,19)/p-2/i5D. The number of phosphoric ester groups is 1. The Bertz CT molecular complexity index is 705. The third kappa shape index (κ3) is 4.09. The second-order valence-corrected chi connectivity index (χ2v) is 5.48. The van der Waals surface area contributed by atoms with Gasteiger partial charge in [0.15, 0.2) is 13.1 Å². The molecule has 11 heteroatoms. The lowest BCUT2D eigenvalue weighted by molar-refractivity contribution is -0.476. The number of hydroxylamine groups is 1. The molecule has 1 atom stereocenters. The zero-order chi connectivity index (χ0) is 17.2. The second kappa shape index (κ2) is 6.51. The van der Waals surface area contributed by atoms with Crippen LogP contribution in [-0.4, -0.2) is 23.2 Å². The quantitative estimate of drug-likeness (QED) is 0.515. The first-order chi connectivity index (χ1) is 10.7. The maximum atomic E-state index is 12.1. The smallest absolute Gasteiger partial charge is 0.337 e. The number of nitrogens with zero attached hydrogens (tertiary/aromatic N) is 1. The number of phosphoric acid groups is 1. The molecule has 0 spiro atoms. The number of hydrogen-bond donors (Lipinski definition) is 2. The lowest BCUT2D eigenvalue weighted by Gasteiger charge is -2.29. The van der Waals surface area contributed by atoms with E-state index in [1.807, 2.05) is 5.48 Å². The first kappa shape index (κ1) is 15.1. The van der Waals surface area contributed by atoms with E-state index in [1.54, 1.807) is 0 Å². The fourth-order valence-electron chi connectivity index (χ4n) is 1.70. The van der Waals surface area contributed by atoms with Gasteiger partial charge in [-0.3, -0.25) is 14.6 Å². The number of rotatable bonds is 5. The highest BCUT2D eigenvalue weighted by molar-refractivity contribution is 7.43. The van der Waals surface area contributed by atoms with Crippen LogP contribution >= 0.6 is 7.82 Å². The van der Waals surface area contributed by atoms with Crippen molar-refractivity contribution in [3.05, 3.63) is 23.0 Å². The number of pyridine rings is 1. The Morgan fingerprint density at radius 2 is 2.36 bits per heavy atom. The number of amides is 1. The van der Waals surface area contributed by atoms with Crippen molar-refractivity contribution in [3.8, 4) is 5.75 Å². The highest BCUT2D eigenvalue weighted by Crippen LogP contribution is 2.29. The highest BCUT2D eigenvalue weighted by Gasteiger charge is 2.25. The van der Waals surface area contributed by atoms with E-state index in [4.69, 9.17) is 1.37 Å². The van der Waals surface area contributed by atoms with Crippen molar-refractivity contribution in [2.75, 3.05) is 6.58 Å². The van der Waals surface area contributed by atoms with Gasteiger partial charge in [0.2, 0.25) is 0 Å². The van der Waals surface area contributed by atoms with Gasteiger partial charge in [-0.2, -0.15) is 0 Å². The molecular formula is C11H12N3O7P-2. The minimum Gasteiger partial charge on any atom is -0.871 e. The molecule has 120 valence electrons. The lowest BCUT2D eigenvalue weighted by Crippen LogP contribution is -2.73. The molecule has 0 saturated carbocycles. The van der Waals surface area contributed by atoms with Crippen molar-refractivity contribution >= 4 is 19.4 Å². The summed E-state index contributed by atoms with van der Waals surface area (Å²) in [6.07, 6.45) is 1.21. The fraction of sp³-hybridized carbons (Fsp3) is 0.364. The highest BCUT2D eigenvalue weighted by atomic mass is 31.2. The van der Waals surface area contributed by atoms with Gasteiger partial charge in [0, 0.05) is 23.0 Å². The molecule has 2 N–H and O–H groups in total. The average molecular weight is 330 g/mol. The third-order valence-electron chi connectivity index (χ3n) is 2.81. The SMILES string of the molecule is [2H]C1ONC(=O)C1=[NH+]Cc1c(COP(=O)([O-])[O-])cnc(C)c1[O-]. The Hall–Kier alpha value is -1.84. The van der Waals surface area contributed by atoms with Crippen LogP contribution in [0.4, 0.5) is 0 Å². The minimum atomic E-state index is -5.21. The van der Waals surface area contributed by atoms with Crippen molar-refractivity contribution in [1.82, 2.24) is 10.5 Å². The van der Waals surface area contributed by atoms with E-state index >= 15 is 0 Å². The molecular weight excluding hydrogens is 317 g/mol. The van der Waals surface area contributed by atoms with Gasteiger partial charge >= 0.3 is 5.91 Å². The zero-order valence-electron chi connectivity index (χ0n) is 12.3. The molecule has 1 aliphatic rings. The number of hydrogen-bond acceptors (Lipinski definition) is 8. The van der Waals surface area contributed by atoms with Crippen molar-refractivity contribution in [2.45, 2.75) is 20.1 Å². The molecule has 0 aliphatic carbocycles. The van der Waals surface area contributed by atoms with Crippen LogP contribution in [0.15, 0.2) is 6.20 Å². The number of aryl methyl sites for hydroxylation is 1. The predicted molar refractivity (Wildman–Crippen MR) is 64.6 cm³/mol. The summed E-state index contributed by atoms with van der Waals surface area (Å²) in [4.78, 5) is 43.5. The number of carbonyl (C=O) groups is 1. The number of aromatic nitrogens is 1. The zero-order valence-corrected chi connectivity index (χ0v) is 12.2. The Morgan fingerprint density at radius 1 is 1.64 bits per heavy atom. The summed E-state index contributed by atoms with van der Waals surface area (Å²) < 4.78 is 22.2. The normalized spacial score (nSPS) is 21.0. The van der Waals surface area contributed by atoms with Gasteiger partial charge in [0.05, 0.1) is 15.8 Å². The summed E-state index contributed by atoms with van der Waals surface area (Å²) in [6.45, 7) is -0.658.